The normalized spacial score (nSPS) is 15.0. The zero-order chi connectivity index (χ0) is 25.5. The molecule has 11 nitrogen and oxygen atoms in total. The number of nitrogens with zero attached hydrogens (tertiary/aromatic N) is 2. The van der Waals surface area contributed by atoms with E-state index in [0.717, 1.165) is 6.08 Å². The summed E-state index contributed by atoms with van der Waals surface area (Å²) in [5.74, 6) is -1.48. The lowest BCUT2D eigenvalue weighted by Gasteiger charge is -2.28. The summed E-state index contributed by atoms with van der Waals surface area (Å²) >= 11 is 5.92. The van der Waals surface area contributed by atoms with Crippen molar-refractivity contribution in [1.82, 2.24) is 4.90 Å². The average molecular weight is 513 g/mol. The maximum atomic E-state index is 13.5. The number of rotatable bonds is 10. The standard InChI is InChI=1S/C19H20ClF3N2O9/c1-11-7-13(20)8-12-9-14(16(19(21,22)23)34-15(11)12)17(26)31-10-32-18(27)30-5-3-24(2)4-6-33-25(28)29/h7-9,16H,3-6,10H2,1-2H3/t16-/m0/s1. The molecule has 1 aliphatic rings. The molecule has 0 spiro atoms. The van der Waals surface area contributed by atoms with Crippen LogP contribution in [-0.4, -0.2) is 74.5 Å². The Hall–Kier alpha value is -3.26. The second kappa shape index (κ2) is 11.7. The molecule has 1 atom stereocenters. The predicted octanol–water partition coefficient (Wildman–Crippen LogP) is 3.15. The molecule has 1 aromatic rings. The molecule has 15 heteroatoms. The Morgan fingerprint density at radius 1 is 1.21 bits per heavy atom. The van der Waals surface area contributed by atoms with Crippen molar-refractivity contribution < 1.29 is 51.6 Å². The fraction of sp³-hybridized carbons (Fsp3) is 0.474. The van der Waals surface area contributed by atoms with Gasteiger partial charge in [-0.3, -0.25) is 0 Å². The Morgan fingerprint density at radius 2 is 1.88 bits per heavy atom. The summed E-state index contributed by atoms with van der Waals surface area (Å²) in [5.41, 5.74) is -0.342. The lowest BCUT2D eigenvalue weighted by molar-refractivity contribution is -0.757. The van der Waals surface area contributed by atoms with Crippen LogP contribution in [0.2, 0.25) is 5.02 Å². The van der Waals surface area contributed by atoms with Crippen LogP contribution in [0.1, 0.15) is 11.1 Å². The molecule has 34 heavy (non-hydrogen) atoms. The number of aryl methyl sites for hydroxylation is 1. The number of halogens is 4. The highest BCUT2D eigenvalue weighted by atomic mass is 35.5. The number of benzene rings is 1. The number of hydrogen-bond donors (Lipinski definition) is 0. The van der Waals surface area contributed by atoms with E-state index in [2.05, 4.69) is 14.3 Å². The van der Waals surface area contributed by atoms with Gasteiger partial charge in [0.25, 0.3) is 5.09 Å². The molecule has 0 unspecified atom stereocenters. The SMILES string of the molecule is Cc1cc(Cl)cc2c1O[C@H](C(F)(F)F)C(C(=O)OCOC(=O)OCCN(C)CCO[N+](=O)[O-])=C2. The van der Waals surface area contributed by atoms with Gasteiger partial charge in [-0.1, -0.05) is 11.6 Å². The molecule has 0 fully saturated rings. The van der Waals surface area contributed by atoms with Gasteiger partial charge < -0.3 is 28.7 Å². The number of hydrogen-bond acceptors (Lipinski definition) is 10. The molecular weight excluding hydrogens is 493 g/mol. The topological polar surface area (TPSA) is 127 Å². The first-order valence-corrected chi connectivity index (χ1v) is 9.94. The molecule has 0 radical (unpaired) electrons. The van der Waals surface area contributed by atoms with Gasteiger partial charge in [-0.15, -0.1) is 10.1 Å². The van der Waals surface area contributed by atoms with E-state index >= 15 is 0 Å². The first kappa shape index (κ1) is 27.0. The fourth-order valence-electron chi connectivity index (χ4n) is 2.78. The van der Waals surface area contributed by atoms with E-state index < -0.39 is 41.9 Å². The minimum absolute atomic E-state index is 0.0713. The van der Waals surface area contributed by atoms with Gasteiger partial charge >= 0.3 is 18.3 Å². The van der Waals surface area contributed by atoms with E-state index in [1.165, 1.54) is 19.1 Å². The van der Waals surface area contributed by atoms with Crippen molar-refractivity contribution in [3.8, 4) is 5.75 Å². The molecule has 0 bridgehead atoms. The quantitative estimate of drug-likeness (QED) is 0.200. The zero-order valence-electron chi connectivity index (χ0n) is 17.9. The average Bonchev–Trinajstić information content (AvgIpc) is 2.71. The summed E-state index contributed by atoms with van der Waals surface area (Å²) < 4.78 is 59.3. The van der Waals surface area contributed by atoms with Crippen molar-refractivity contribution in [3.05, 3.63) is 44.0 Å². The van der Waals surface area contributed by atoms with Crippen molar-refractivity contribution in [2.24, 2.45) is 0 Å². The van der Waals surface area contributed by atoms with Gasteiger partial charge in [0.15, 0.2) is 0 Å². The smallest absolute Gasteiger partial charge is 0.475 e. The van der Waals surface area contributed by atoms with E-state index in [1.807, 2.05) is 0 Å². The third-order valence-electron chi connectivity index (χ3n) is 4.36. The third-order valence-corrected chi connectivity index (χ3v) is 4.58. The van der Waals surface area contributed by atoms with E-state index in [4.69, 9.17) is 21.1 Å². The zero-order valence-corrected chi connectivity index (χ0v) is 18.7. The molecule has 0 saturated carbocycles. The highest BCUT2D eigenvalue weighted by molar-refractivity contribution is 6.30. The lowest BCUT2D eigenvalue weighted by atomic mass is 9.99. The number of ether oxygens (including phenoxy) is 4. The molecule has 2 rings (SSSR count). The molecule has 0 amide bonds. The third kappa shape index (κ3) is 7.95. The van der Waals surface area contributed by atoms with E-state index in [0.29, 0.717) is 5.56 Å². The van der Waals surface area contributed by atoms with Crippen molar-refractivity contribution in [1.29, 1.82) is 0 Å². The number of carbonyl (C=O) groups is 2. The van der Waals surface area contributed by atoms with Gasteiger partial charge in [-0.25, -0.2) is 9.59 Å². The molecule has 1 aromatic carbocycles. The first-order valence-electron chi connectivity index (χ1n) is 9.56. The summed E-state index contributed by atoms with van der Waals surface area (Å²) in [6.07, 6.45) is -7.80. The van der Waals surface area contributed by atoms with Crippen LogP contribution >= 0.6 is 11.6 Å². The van der Waals surface area contributed by atoms with Crippen LogP contribution in [0.25, 0.3) is 6.08 Å². The Bertz CT molecular complexity index is 956. The van der Waals surface area contributed by atoms with Gasteiger partial charge in [0.2, 0.25) is 12.9 Å². The van der Waals surface area contributed by atoms with E-state index in [1.54, 1.807) is 11.9 Å². The van der Waals surface area contributed by atoms with Crippen LogP contribution in [0.4, 0.5) is 18.0 Å². The largest absolute Gasteiger partial charge is 0.511 e. The Morgan fingerprint density at radius 3 is 2.53 bits per heavy atom. The van der Waals surface area contributed by atoms with Gasteiger partial charge in [-0.05, 0) is 37.7 Å². The van der Waals surface area contributed by atoms with Crippen molar-refractivity contribution >= 4 is 29.8 Å². The van der Waals surface area contributed by atoms with E-state index in [9.17, 15) is 32.9 Å². The monoisotopic (exact) mass is 512 g/mol. The van der Waals surface area contributed by atoms with Gasteiger partial charge in [0.1, 0.15) is 19.0 Å². The number of esters is 1. The molecule has 0 saturated heterocycles. The van der Waals surface area contributed by atoms with Crippen molar-refractivity contribution in [2.75, 3.05) is 40.1 Å². The summed E-state index contributed by atoms with van der Waals surface area (Å²) in [7, 11) is 1.59. The van der Waals surface area contributed by atoms with Crippen molar-refractivity contribution in [3.63, 3.8) is 0 Å². The number of alkyl halides is 3. The maximum Gasteiger partial charge on any atom is 0.511 e. The van der Waals surface area contributed by atoms with Crippen LogP contribution in [0.15, 0.2) is 17.7 Å². The summed E-state index contributed by atoms with van der Waals surface area (Å²) in [4.78, 5) is 39.6. The second-order valence-electron chi connectivity index (χ2n) is 6.93. The first-order chi connectivity index (χ1) is 15.9. The molecule has 1 aliphatic heterocycles. The summed E-state index contributed by atoms with van der Waals surface area (Å²) in [6, 6.07) is 2.75. The van der Waals surface area contributed by atoms with Crippen LogP contribution < -0.4 is 4.74 Å². The Labute approximate surface area is 196 Å². The molecule has 0 N–H and O–H groups in total. The molecular formula is C19H20ClF3N2O9. The highest BCUT2D eigenvalue weighted by Gasteiger charge is 2.49. The molecule has 0 aromatic heterocycles. The van der Waals surface area contributed by atoms with Crippen LogP contribution in [0.5, 0.6) is 5.75 Å². The van der Waals surface area contributed by atoms with Gasteiger partial charge in [0, 0.05) is 23.7 Å². The van der Waals surface area contributed by atoms with Crippen LogP contribution in [0.3, 0.4) is 0 Å². The van der Waals surface area contributed by atoms with Crippen LogP contribution in [-0.2, 0) is 23.8 Å². The number of fused-ring (bicyclic) bond motifs is 1. The van der Waals surface area contributed by atoms with Gasteiger partial charge in [-0.2, -0.15) is 13.2 Å². The minimum atomic E-state index is -4.93. The van der Waals surface area contributed by atoms with Gasteiger partial charge in [0.05, 0.1) is 5.57 Å². The highest BCUT2D eigenvalue weighted by Crippen LogP contribution is 2.40. The number of likely N-dealkylation sites (N-methyl/N-ethyl adjacent to an activating group) is 1. The Kier molecular flexibility index (Phi) is 9.32. The molecule has 0 aliphatic carbocycles. The predicted molar refractivity (Wildman–Crippen MR) is 108 cm³/mol. The Balaban J connectivity index is 1.87. The number of carbonyl (C=O) groups excluding carboxylic acids is 2. The summed E-state index contributed by atoms with van der Waals surface area (Å²) in [5, 5.41) is 9.35. The lowest BCUT2D eigenvalue weighted by Crippen LogP contribution is -2.41. The minimum Gasteiger partial charge on any atom is -0.475 e. The second-order valence-corrected chi connectivity index (χ2v) is 7.37. The maximum absolute atomic E-state index is 13.5. The summed E-state index contributed by atoms with van der Waals surface area (Å²) in [6.45, 7) is 0.504. The molecule has 188 valence electrons. The van der Waals surface area contributed by atoms with E-state index in [-0.39, 0.29) is 42.6 Å². The van der Waals surface area contributed by atoms with Crippen molar-refractivity contribution in [2.45, 2.75) is 19.2 Å². The fourth-order valence-corrected chi connectivity index (χ4v) is 3.06. The molecule has 1 heterocycles. The van der Waals surface area contributed by atoms with Crippen LogP contribution in [0, 0.1) is 17.0 Å².